The third kappa shape index (κ3) is 3.11. The average molecular weight is 378 g/mol. The molecule has 1 aliphatic carbocycles. The molecule has 3 aromatic rings. The first kappa shape index (κ1) is 17.5. The van der Waals surface area contributed by atoms with Crippen LogP contribution in [0.3, 0.4) is 0 Å². The van der Waals surface area contributed by atoms with E-state index in [-0.39, 0.29) is 5.60 Å². The van der Waals surface area contributed by atoms with Crippen molar-refractivity contribution in [3.63, 3.8) is 0 Å². The Hall–Kier alpha value is -2.60. The molecule has 5 rings (SSSR count). The van der Waals surface area contributed by atoms with Crippen LogP contribution in [0.2, 0.25) is 0 Å². The zero-order valence-electron chi connectivity index (χ0n) is 16.3. The number of imidazole rings is 1. The van der Waals surface area contributed by atoms with Crippen molar-refractivity contribution in [1.82, 2.24) is 19.3 Å². The first-order valence-electron chi connectivity index (χ1n) is 10.1. The Morgan fingerprint density at radius 3 is 2.89 bits per heavy atom. The zero-order valence-corrected chi connectivity index (χ0v) is 16.3. The molecule has 1 saturated carbocycles. The number of aromatic nitrogens is 4. The molecule has 3 heterocycles. The maximum Gasteiger partial charge on any atom is 0.140 e. The quantitative estimate of drug-likeness (QED) is 0.671. The van der Waals surface area contributed by atoms with E-state index in [9.17, 15) is 0 Å². The lowest BCUT2D eigenvalue weighted by atomic mass is 9.96. The summed E-state index contributed by atoms with van der Waals surface area (Å²) < 4.78 is 16.1. The molecule has 6 heteroatoms. The van der Waals surface area contributed by atoms with Crippen LogP contribution >= 0.6 is 0 Å². The van der Waals surface area contributed by atoms with Gasteiger partial charge in [0.15, 0.2) is 0 Å². The van der Waals surface area contributed by atoms with Crippen molar-refractivity contribution in [3.8, 4) is 17.1 Å². The molecule has 0 bridgehead atoms. The Kier molecular flexibility index (Phi) is 4.43. The van der Waals surface area contributed by atoms with E-state index in [0.29, 0.717) is 12.6 Å². The highest BCUT2D eigenvalue weighted by Gasteiger charge is 2.43. The van der Waals surface area contributed by atoms with E-state index in [1.54, 1.807) is 13.3 Å². The van der Waals surface area contributed by atoms with Gasteiger partial charge in [-0.05, 0) is 43.5 Å². The minimum atomic E-state index is 0.108. The van der Waals surface area contributed by atoms with Gasteiger partial charge >= 0.3 is 0 Å². The van der Waals surface area contributed by atoms with Crippen molar-refractivity contribution >= 4 is 0 Å². The van der Waals surface area contributed by atoms with E-state index in [4.69, 9.17) is 9.47 Å². The van der Waals surface area contributed by atoms with E-state index in [0.717, 1.165) is 35.7 Å². The molecule has 1 spiro atoms. The van der Waals surface area contributed by atoms with Crippen molar-refractivity contribution < 1.29 is 9.47 Å². The number of rotatable bonds is 5. The summed E-state index contributed by atoms with van der Waals surface area (Å²) >= 11 is 0. The summed E-state index contributed by atoms with van der Waals surface area (Å²) in [6.45, 7) is 1.44. The molecule has 0 N–H and O–H groups in total. The number of hydrogen-bond acceptors (Lipinski definition) is 4. The molecule has 0 amide bonds. The van der Waals surface area contributed by atoms with Gasteiger partial charge in [0.25, 0.3) is 0 Å². The van der Waals surface area contributed by atoms with Crippen molar-refractivity contribution in [3.05, 3.63) is 54.6 Å². The number of nitrogens with zero attached hydrogens (tertiary/aromatic N) is 4. The topological polar surface area (TPSA) is 54.1 Å². The van der Waals surface area contributed by atoms with Crippen LogP contribution in [0.1, 0.15) is 43.7 Å². The fraction of sp³-hybridized carbons (Fsp3) is 0.455. The minimum absolute atomic E-state index is 0.108. The molecule has 0 radical (unpaired) electrons. The maximum atomic E-state index is 6.28. The predicted octanol–water partition coefficient (Wildman–Crippen LogP) is 4.08. The summed E-state index contributed by atoms with van der Waals surface area (Å²) in [6, 6.07) is 8.57. The van der Waals surface area contributed by atoms with E-state index in [1.807, 2.05) is 29.2 Å². The highest BCUT2D eigenvalue weighted by Crippen LogP contribution is 2.45. The molecule has 1 saturated heterocycles. The van der Waals surface area contributed by atoms with Crippen LogP contribution in [0.5, 0.6) is 5.75 Å². The van der Waals surface area contributed by atoms with Crippen LogP contribution < -0.4 is 4.74 Å². The second-order valence-corrected chi connectivity index (χ2v) is 7.95. The molecule has 28 heavy (non-hydrogen) atoms. The standard InChI is InChI=1S/C22H26N4O2/c1-27-20-6-5-17(13-18(20)15-25-11-4-9-24-25)21-23-10-12-26(21)19-14-22(28-16-19)7-2-3-8-22/h4-6,9-13,19H,2-3,7-8,14-16H2,1H3. The maximum absolute atomic E-state index is 6.28. The van der Waals surface area contributed by atoms with Crippen LogP contribution in [0.25, 0.3) is 11.4 Å². The van der Waals surface area contributed by atoms with Crippen LogP contribution in [0, 0.1) is 0 Å². The highest BCUT2D eigenvalue weighted by molar-refractivity contribution is 5.59. The number of hydrogen-bond donors (Lipinski definition) is 0. The molecule has 6 nitrogen and oxygen atoms in total. The first-order chi connectivity index (χ1) is 13.8. The van der Waals surface area contributed by atoms with Gasteiger partial charge < -0.3 is 14.0 Å². The van der Waals surface area contributed by atoms with Crippen LogP contribution in [0.15, 0.2) is 49.1 Å². The average Bonchev–Trinajstić information content (AvgIpc) is 3.51. The SMILES string of the molecule is COc1ccc(-c2nccn2C2COC3(CCCC3)C2)cc1Cn1cccn1. The Morgan fingerprint density at radius 1 is 1.21 bits per heavy atom. The second-order valence-electron chi connectivity index (χ2n) is 7.95. The number of ether oxygens (including phenoxy) is 2. The van der Waals surface area contributed by atoms with Gasteiger partial charge in [0, 0.05) is 35.9 Å². The molecule has 2 fully saturated rings. The van der Waals surface area contributed by atoms with Gasteiger partial charge in [-0.1, -0.05) is 12.8 Å². The molecule has 2 aliphatic rings. The molecule has 1 atom stereocenters. The molecule has 1 unspecified atom stereocenters. The summed E-state index contributed by atoms with van der Waals surface area (Å²) in [5.41, 5.74) is 2.30. The number of methoxy groups -OCH3 is 1. The van der Waals surface area contributed by atoms with Gasteiger partial charge in [-0.15, -0.1) is 0 Å². The summed E-state index contributed by atoms with van der Waals surface area (Å²) in [6.07, 6.45) is 13.8. The summed E-state index contributed by atoms with van der Waals surface area (Å²) in [5.74, 6) is 1.86. The molecular formula is C22H26N4O2. The normalized spacial score (nSPS) is 20.8. The van der Waals surface area contributed by atoms with Crippen molar-refractivity contribution in [1.29, 1.82) is 0 Å². The summed E-state index contributed by atoms with van der Waals surface area (Å²) in [5, 5.41) is 4.32. The van der Waals surface area contributed by atoms with Gasteiger partial charge in [0.2, 0.25) is 0 Å². The third-order valence-electron chi connectivity index (χ3n) is 6.20. The van der Waals surface area contributed by atoms with Crippen LogP contribution in [-0.2, 0) is 11.3 Å². The second kappa shape index (κ2) is 7.09. The Morgan fingerprint density at radius 2 is 2.11 bits per heavy atom. The van der Waals surface area contributed by atoms with E-state index < -0.39 is 0 Å². The van der Waals surface area contributed by atoms with Crippen LogP contribution in [0.4, 0.5) is 0 Å². The fourth-order valence-electron chi connectivity index (χ4n) is 4.81. The predicted molar refractivity (Wildman–Crippen MR) is 106 cm³/mol. The smallest absolute Gasteiger partial charge is 0.140 e. The molecule has 2 aromatic heterocycles. The molecular weight excluding hydrogens is 352 g/mol. The van der Waals surface area contributed by atoms with Crippen molar-refractivity contribution in [2.45, 2.75) is 50.3 Å². The summed E-state index contributed by atoms with van der Waals surface area (Å²) in [7, 11) is 1.71. The van der Waals surface area contributed by atoms with E-state index in [1.165, 1.54) is 25.7 Å². The van der Waals surface area contributed by atoms with Gasteiger partial charge in [-0.2, -0.15) is 5.10 Å². The van der Waals surface area contributed by atoms with E-state index >= 15 is 0 Å². The van der Waals surface area contributed by atoms with Gasteiger partial charge in [0.05, 0.1) is 31.9 Å². The zero-order chi connectivity index (χ0) is 19.0. The van der Waals surface area contributed by atoms with Gasteiger partial charge in [-0.25, -0.2) is 4.98 Å². The van der Waals surface area contributed by atoms with Gasteiger partial charge in [0.1, 0.15) is 11.6 Å². The summed E-state index contributed by atoms with van der Waals surface area (Å²) in [4.78, 5) is 4.68. The third-order valence-corrected chi connectivity index (χ3v) is 6.20. The molecule has 1 aromatic carbocycles. The molecule has 1 aliphatic heterocycles. The van der Waals surface area contributed by atoms with Crippen molar-refractivity contribution in [2.24, 2.45) is 0 Å². The Labute approximate surface area is 165 Å². The Bertz CT molecular complexity index is 941. The molecule has 146 valence electrons. The highest BCUT2D eigenvalue weighted by atomic mass is 16.5. The lowest BCUT2D eigenvalue weighted by Crippen LogP contribution is -2.23. The number of benzene rings is 1. The van der Waals surface area contributed by atoms with Gasteiger partial charge in [-0.3, -0.25) is 4.68 Å². The lowest BCUT2D eigenvalue weighted by molar-refractivity contribution is 0.00960. The van der Waals surface area contributed by atoms with E-state index in [2.05, 4.69) is 33.0 Å². The van der Waals surface area contributed by atoms with Crippen molar-refractivity contribution in [2.75, 3.05) is 13.7 Å². The van der Waals surface area contributed by atoms with Crippen LogP contribution in [-0.4, -0.2) is 38.6 Å². The fourth-order valence-corrected chi connectivity index (χ4v) is 4.81. The largest absolute Gasteiger partial charge is 0.496 e. The monoisotopic (exact) mass is 378 g/mol. The first-order valence-corrected chi connectivity index (χ1v) is 10.1. The Balaban J connectivity index is 1.45. The minimum Gasteiger partial charge on any atom is -0.496 e. The lowest BCUT2D eigenvalue weighted by Gasteiger charge is -2.22.